The van der Waals surface area contributed by atoms with Crippen molar-refractivity contribution in [3.63, 3.8) is 0 Å². The van der Waals surface area contributed by atoms with Crippen molar-refractivity contribution in [1.82, 2.24) is 0 Å². The van der Waals surface area contributed by atoms with Crippen molar-refractivity contribution in [2.45, 2.75) is 0 Å². The van der Waals surface area contributed by atoms with Crippen LogP contribution in [0.1, 0.15) is 0 Å². The van der Waals surface area contributed by atoms with Gasteiger partial charge in [-0.25, -0.2) is 0 Å². The van der Waals surface area contributed by atoms with Gasteiger partial charge < -0.3 is 0 Å². The zero-order chi connectivity index (χ0) is 4.12. The Kier molecular flexibility index (Phi) is 4.55. The van der Waals surface area contributed by atoms with Crippen LogP contribution in [0.5, 0.6) is 0 Å². The molecule has 0 heterocycles. The molecule has 5 heavy (non-hydrogen) atoms. The molecule has 1 heteroatoms. The fourth-order valence-corrected chi connectivity index (χ4v) is 0.500. The van der Waals surface area contributed by atoms with Gasteiger partial charge in [0.25, 0.3) is 0 Å². The van der Waals surface area contributed by atoms with Crippen LogP contribution < -0.4 is 0 Å². The average Bonchev–Trinajstić information content (AvgIpc) is 1.41. The van der Waals surface area contributed by atoms with Crippen LogP contribution in [0, 0.1) is 0 Å². The van der Waals surface area contributed by atoms with Crippen molar-refractivity contribution in [2.75, 3.05) is 0 Å². The first-order valence-corrected chi connectivity index (χ1v) is 4.28. The van der Waals surface area contributed by atoms with E-state index in [1.54, 1.807) is 0 Å². The Morgan fingerprint density at radius 1 is 1.20 bits per heavy atom. The molecule has 0 amide bonds. The molecule has 0 rings (SSSR count). The molecule has 0 nitrogen and oxygen atoms in total. The van der Waals surface area contributed by atoms with Crippen LogP contribution in [-0.4, -0.2) is 21.6 Å². The van der Waals surface area contributed by atoms with Crippen molar-refractivity contribution in [1.29, 1.82) is 0 Å². The van der Waals surface area contributed by atoms with E-state index >= 15 is 0 Å². The van der Waals surface area contributed by atoms with E-state index in [2.05, 4.69) is 13.2 Å². The first-order valence-electron chi connectivity index (χ1n) is 1.33. The molecule has 0 aliphatic heterocycles. The summed E-state index contributed by atoms with van der Waals surface area (Å²) in [6.45, 7) is 7.09. The molecule has 0 aliphatic rings. The van der Waals surface area contributed by atoms with E-state index in [0.717, 1.165) is 0 Å². The van der Waals surface area contributed by atoms with Crippen molar-refractivity contribution < 1.29 is 0 Å². The molecule has 0 saturated heterocycles. The molecule has 0 aromatic rings. The Balaban J connectivity index is 2.65. The van der Waals surface area contributed by atoms with E-state index in [9.17, 15) is 0 Å². The molecule has 0 N–H and O–H groups in total. The third kappa shape index (κ3) is 4.30. The van der Waals surface area contributed by atoms with Gasteiger partial charge in [0.1, 0.15) is 0 Å². The summed E-state index contributed by atoms with van der Waals surface area (Å²) in [7, 11) is 0. The van der Waals surface area contributed by atoms with Gasteiger partial charge in [0, 0.05) is 0 Å². The van der Waals surface area contributed by atoms with Crippen LogP contribution in [0.2, 0.25) is 0 Å². The van der Waals surface area contributed by atoms with E-state index in [4.69, 9.17) is 0 Å². The van der Waals surface area contributed by atoms with E-state index in [1.165, 1.54) is 0 Å². The Hall–Kier alpha value is 0.298. The van der Waals surface area contributed by atoms with Crippen LogP contribution >= 0.6 is 0 Å². The van der Waals surface area contributed by atoms with Crippen LogP contribution in [0.4, 0.5) is 0 Å². The van der Waals surface area contributed by atoms with Crippen molar-refractivity contribution in [3.8, 4) is 0 Å². The zero-order valence-electron chi connectivity index (χ0n) is 3.02. The second-order valence-corrected chi connectivity index (χ2v) is 3.45. The van der Waals surface area contributed by atoms with E-state index in [0.29, 0.717) is 0 Å². The van der Waals surface area contributed by atoms with Gasteiger partial charge in [-0.2, -0.15) is 0 Å². The molecule has 0 aromatic heterocycles. The van der Waals surface area contributed by atoms with Gasteiger partial charge in [-0.3, -0.25) is 0 Å². The number of hydrogen-bond donors (Lipinski definition) is 0. The Labute approximate surface area is 43.1 Å². The molecule has 27 valence electrons. The molecule has 0 bridgehead atoms. The molecule has 0 aliphatic carbocycles. The molecule has 0 aromatic carbocycles. The monoisotopic (exact) mass is 175 g/mol. The maximum absolute atomic E-state index is 3.55. The standard InChI is InChI=1S/2C2H3.Sb/c2*1-2;/h2*1H,2H2;. The summed E-state index contributed by atoms with van der Waals surface area (Å²) >= 11 is -0.117. The molecule has 1 radical (unpaired) electrons. The summed E-state index contributed by atoms with van der Waals surface area (Å²) in [4.78, 5) is 0. The Morgan fingerprint density at radius 2 is 1.60 bits per heavy atom. The number of hydrogen-bond acceptors (Lipinski definition) is 0. The van der Waals surface area contributed by atoms with E-state index in [-0.39, 0.29) is 21.6 Å². The van der Waals surface area contributed by atoms with Gasteiger partial charge in [-0.05, 0) is 0 Å². The zero-order valence-corrected chi connectivity index (χ0v) is 5.57. The van der Waals surface area contributed by atoms with Gasteiger partial charge in [0.05, 0.1) is 0 Å². The summed E-state index contributed by atoms with van der Waals surface area (Å²) in [5, 5.41) is 0. The fraction of sp³-hybridized carbons (Fsp3) is 0. The summed E-state index contributed by atoms with van der Waals surface area (Å²) in [5.74, 6) is 0. The predicted molar refractivity (Wildman–Crippen MR) is 26.1 cm³/mol. The molecule has 0 atom stereocenters. The van der Waals surface area contributed by atoms with Crippen LogP contribution in [0.15, 0.2) is 21.2 Å². The Bertz CT molecular complexity index is 32.9. The summed E-state index contributed by atoms with van der Waals surface area (Å²) in [6, 6.07) is 0. The third-order valence-electron chi connectivity index (χ3n) is 0.211. The topological polar surface area (TPSA) is 0 Å². The van der Waals surface area contributed by atoms with Crippen molar-refractivity contribution >= 4 is 21.6 Å². The van der Waals surface area contributed by atoms with E-state index < -0.39 is 0 Å². The molecule has 0 unspecified atom stereocenters. The van der Waals surface area contributed by atoms with Gasteiger partial charge in [-0.1, -0.05) is 0 Å². The van der Waals surface area contributed by atoms with Gasteiger partial charge in [0.2, 0.25) is 0 Å². The molecule has 0 saturated carbocycles. The summed E-state index contributed by atoms with van der Waals surface area (Å²) in [5.41, 5.74) is 0. The molecule has 0 fully saturated rings. The summed E-state index contributed by atoms with van der Waals surface area (Å²) < 4.78 is 3.92. The van der Waals surface area contributed by atoms with Gasteiger partial charge in [-0.15, -0.1) is 0 Å². The Morgan fingerprint density at radius 3 is 1.60 bits per heavy atom. The normalized spacial score (nSPS) is 6.40. The minimum absolute atomic E-state index is 0.117. The quantitative estimate of drug-likeness (QED) is 0.550. The van der Waals surface area contributed by atoms with Crippen molar-refractivity contribution in [3.05, 3.63) is 21.2 Å². The van der Waals surface area contributed by atoms with Crippen LogP contribution in [0.3, 0.4) is 0 Å². The molecular formula is C4H6Sb. The second kappa shape index (κ2) is 4.30. The van der Waals surface area contributed by atoms with E-state index in [1.807, 2.05) is 8.05 Å². The second-order valence-electron chi connectivity index (χ2n) is 0.514. The first kappa shape index (κ1) is 5.30. The van der Waals surface area contributed by atoms with Crippen LogP contribution in [-0.2, 0) is 0 Å². The van der Waals surface area contributed by atoms with Gasteiger partial charge >= 0.3 is 42.8 Å². The predicted octanol–water partition coefficient (Wildman–Crippen LogP) is 0.978. The average molecular weight is 176 g/mol. The molecular weight excluding hydrogens is 170 g/mol. The van der Waals surface area contributed by atoms with Crippen molar-refractivity contribution in [2.24, 2.45) is 0 Å². The van der Waals surface area contributed by atoms with Crippen LogP contribution in [0.25, 0.3) is 0 Å². The maximum atomic E-state index is 3.55. The first-order chi connectivity index (χ1) is 2.41. The summed E-state index contributed by atoms with van der Waals surface area (Å²) in [6.07, 6.45) is 0. The fourth-order valence-electron chi connectivity index (χ4n) is 0.0745. The number of rotatable bonds is 2. The third-order valence-corrected chi connectivity index (χ3v) is 1.41. The van der Waals surface area contributed by atoms with Gasteiger partial charge in [0.15, 0.2) is 0 Å². The SMILES string of the molecule is C=[CH][Sb][CH]=C. The molecule has 0 spiro atoms. The minimum atomic E-state index is -0.117.